The third-order valence-corrected chi connectivity index (χ3v) is 12.2. The number of nitrogens with zero attached hydrogens (tertiary/aromatic N) is 7. The van der Waals surface area contributed by atoms with Gasteiger partial charge >= 0.3 is 0 Å². The molecule has 2 saturated heterocycles. The lowest BCUT2D eigenvalue weighted by Gasteiger charge is -2.26. The number of halogens is 1. The quantitative estimate of drug-likeness (QED) is 0.130. The number of likely N-dealkylation sites (tertiary alicyclic amines) is 2. The molecule has 63 heavy (non-hydrogen) atoms. The van der Waals surface area contributed by atoms with E-state index < -0.39 is 0 Å². The summed E-state index contributed by atoms with van der Waals surface area (Å²) in [6.45, 7) is 8.08. The molecule has 2 aliphatic rings. The molecule has 11 heteroatoms. The van der Waals surface area contributed by atoms with E-state index in [-0.39, 0.29) is 11.1 Å². The maximum atomic E-state index is 12.7. The number of pyridine rings is 4. The van der Waals surface area contributed by atoms with E-state index in [1.165, 1.54) is 71.2 Å². The van der Waals surface area contributed by atoms with Gasteiger partial charge in [0.05, 0.1) is 23.8 Å². The van der Waals surface area contributed by atoms with Crippen molar-refractivity contribution in [1.82, 2.24) is 38.1 Å². The summed E-state index contributed by atoms with van der Waals surface area (Å²) in [5, 5.41) is 0. The molecule has 0 radical (unpaired) electrons. The van der Waals surface area contributed by atoms with E-state index in [2.05, 4.69) is 59.5 Å². The van der Waals surface area contributed by atoms with Gasteiger partial charge in [0, 0.05) is 60.5 Å². The zero-order valence-corrected chi connectivity index (χ0v) is 36.8. The molecule has 6 aromatic heterocycles. The van der Waals surface area contributed by atoms with E-state index >= 15 is 0 Å². The molecule has 0 spiro atoms. The predicted octanol–water partition coefficient (Wildman–Crippen LogP) is 10.2. The van der Waals surface area contributed by atoms with Crippen molar-refractivity contribution >= 4 is 22.9 Å². The van der Waals surface area contributed by atoms with Crippen LogP contribution in [-0.4, -0.2) is 83.3 Å². The van der Waals surface area contributed by atoms with Crippen molar-refractivity contribution in [3.8, 4) is 44.8 Å². The summed E-state index contributed by atoms with van der Waals surface area (Å²) < 4.78 is 5.96. The number of rotatable bonds is 11. The van der Waals surface area contributed by atoms with Gasteiger partial charge in [-0.2, -0.15) is 0 Å². The molecular formula is C52H57ClN8O2. The Kier molecular flexibility index (Phi) is 15.1. The number of piperidine rings is 2. The van der Waals surface area contributed by atoms with Crippen molar-refractivity contribution in [2.24, 2.45) is 0 Å². The number of alkyl halides is 1. The second kappa shape index (κ2) is 21.8. The number of hydrogen-bond acceptors (Lipinski definition) is 6. The summed E-state index contributed by atoms with van der Waals surface area (Å²) in [5.74, 6) is 0.816. The monoisotopic (exact) mass is 860 g/mol. The van der Waals surface area contributed by atoms with Crippen LogP contribution >= 0.6 is 11.6 Å². The van der Waals surface area contributed by atoms with Crippen LogP contribution in [0.1, 0.15) is 51.4 Å². The van der Waals surface area contributed by atoms with Gasteiger partial charge in [-0.15, -0.1) is 11.6 Å². The number of imidazole rings is 2. The molecule has 0 atom stereocenters. The van der Waals surface area contributed by atoms with Crippen molar-refractivity contribution < 1.29 is 0 Å². The molecule has 0 bridgehead atoms. The van der Waals surface area contributed by atoms with Gasteiger partial charge in [-0.1, -0.05) is 73.5 Å². The predicted molar refractivity (Wildman–Crippen MR) is 258 cm³/mol. The highest BCUT2D eigenvalue weighted by Gasteiger charge is 2.12. The lowest BCUT2D eigenvalue weighted by molar-refractivity contribution is 0.222. The Morgan fingerprint density at radius 2 is 1.00 bits per heavy atom. The second-order valence-electron chi connectivity index (χ2n) is 16.4. The molecule has 2 aliphatic heterocycles. The van der Waals surface area contributed by atoms with Crippen LogP contribution in [-0.2, 0) is 6.54 Å². The third kappa shape index (κ3) is 11.5. The van der Waals surface area contributed by atoms with Gasteiger partial charge in [0.2, 0.25) is 5.56 Å². The Hall–Kier alpha value is -6.07. The topological polar surface area (TPSA) is 95.9 Å². The highest BCUT2D eigenvalue weighted by molar-refractivity contribution is 6.17. The molecule has 2 aromatic carbocycles. The van der Waals surface area contributed by atoms with Crippen molar-refractivity contribution in [1.29, 1.82) is 0 Å². The molecule has 0 saturated carbocycles. The molecule has 0 unspecified atom stereocenters. The number of fused-ring (bicyclic) bond motifs is 2. The Labute approximate surface area is 374 Å². The minimum absolute atomic E-state index is 0.0596. The zero-order valence-electron chi connectivity index (χ0n) is 36.0. The van der Waals surface area contributed by atoms with Gasteiger partial charge in [0.15, 0.2) is 0 Å². The van der Waals surface area contributed by atoms with E-state index in [9.17, 15) is 9.59 Å². The molecule has 0 aliphatic carbocycles. The molecule has 324 valence electrons. The Bertz CT molecular complexity index is 2780. The number of benzene rings is 2. The summed E-state index contributed by atoms with van der Waals surface area (Å²) in [5.41, 5.74) is 9.86. The SMILES string of the molecule is ClCCCN1CCCCC1.O=c1cc(-c2ccn3c(-c4ccccc4)cnc3c2)cc[nH]1.O=c1cc(-c2ccn3c(-c4ccccc4)cnc3c2)ccn1CCCN1CCCCC1. The fourth-order valence-corrected chi connectivity index (χ4v) is 8.70. The average Bonchev–Trinajstić information content (AvgIpc) is 3.97. The van der Waals surface area contributed by atoms with Crippen LogP contribution in [0.4, 0.5) is 0 Å². The molecule has 10 nitrogen and oxygen atoms in total. The Balaban J connectivity index is 0.000000147. The maximum Gasteiger partial charge on any atom is 0.251 e. The number of H-pyrrole nitrogens is 1. The minimum atomic E-state index is -0.106. The van der Waals surface area contributed by atoms with Gasteiger partial charge in [-0.05, 0) is 136 Å². The first-order valence-electron chi connectivity index (χ1n) is 22.5. The van der Waals surface area contributed by atoms with Crippen LogP contribution in [0, 0.1) is 0 Å². The maximum absolute atomic E-state index is 12.7. The van der Waals surface area contributed by atoms with Gasteiger partial charge in [0.1, 0.15) is 11.3 Å². The highest BCUT2D eigenvalue weighted by Crippen LogP contribution is 2.26. The second-order valence-corrected chi connectivity index (χ2v) is 16.8. The summed E-state index contributed by atoms with van der Waals surface area (Å²) in [6, 6.07) is 35.7. The van der Waals surface area contributed by atoms with Crippen LogP contribution in [0.15, 0.2) is 156 Å². The van der Waals surface area contributed by atoms with E-state index in [1.807, 2.05) is 107 Å². The molecular weight excluding hydrogens is 804 g/mol. The summed E-state index contributed by atoms with van der Waals surface area (Å²) in [7, 11) is 0. The van der Waals surface area contributed by atoms with Crippen LogP contribution in [0.2, 0.25) is 0 Å². The summed E-state index contributed by atoms with van der Waals surface area (Å²) in [6.07, 6.45) is 21.7. The van der Waals surface area contributed by atoms with E-state index in [0.717, 1.165) is 87.9 Å². The van der Waals surface area contributed by atoms with Crippen molar-refractivity contribution in [2.75, 3.05) is 45.1 Å². The number of aromatic amines is 1. The lowest BCUT2D eigenvalue weighted by Crippen LogP contribution is -2.31. The minimum Gasteiger partial charge on any atom is -0.329 e. The number of nitrogens with one attached hydrogen (secondary N) is 1. The van der Waals surface area contributed by atoms with E-state index in [0.29, 0.717) is 0 Å². The summed E-state index contributed by atoms with van der Waals surface area (Å²) in [4.78, 5) is 40.8. The third-order valence-electron chi connectivity index (χ3n) is 12.0. The molecule has 10 rings (SSSR count). The summed E-state index contributed by atoms with van der Waals surface area (Å²) >= 11 is 5.59. The first kappa shape index (κ1) is 43.6. The van der Waals surface area contributed by atoms with Crippen LogP contribution in [0.3, 0.4) is 0 Å². The Morgan fingerprint density at radius 1 is 0.508 bits per heavy atom. The van der Waals surface area contributed by atoms with Gasteiger partial charge < -0.3 is 19.4 Å². The average molecular weight is 862 g/mol. The normalized spacial score (nSPS) is 14.5. The fraction of sp³-hybridized carbons (Fsp3) is 0.308. The molecule has 8 aromatic rings. The Morgan fingerprint density at radius 3 is 1.51 bits per heavy atom. The van der Waals surface area contributed by atoms with Gasteiger partial charge in [-0.25, -0.2) is 9.97 Å². The van der Waals surface area contributed by atoms with Crippen molar-refractivity contribution in [2.45, 2.75) is 57.9 Å². The molecule has 8 heterocycles. The van der Waals surface area contributed by atoms with Gasteiger partial charge in [-0.3, -0.25) is 18.4 Å². The van der Waals surface area contributed by atoms with E-state index in [4.69, 9.17) is 11.6 Å². The standard InChI is InChI=1S/C26H28N4O.C18H13N3O.C8H16ClN/c31-26-19-23(10-16-29(26)15-7-14-28-12-5-2-6-13-28)22-11-17-30-24(20-27-25(30)18-22)21-8-3-1-4-9-21;22-18-11-14(6-8-19-18)15-7-9-21-16(12-20-17(21)10-15)13-4-2-1-3-5-13;9-5-4-8-10-6-2-1-3-7-10/h1,3-4,8-11,16-20H,2,5-7,12-15H2;1-12H,(H,19,22);1-8H2. The van der Waals surface area contributed by atoms with E-state index in [1.54, 1.807) is 18.3 Å². The van der Waals surface area contributed by atoms with Crippen molar-refractivity contribution in [3.63, 3.8) is 0 Å². The van der Waals surface area contributed by atoms with Gasteiger partial charge in [0.25, 0.3) is 5.56 Å². The zero-order chi connectivity index (χ0) is 43.2. The van der Waals surface area contributed by atoms with Crippen LogP contribution < -0.4 is 11.1 Å². The molecule has 0 amide bonds. The lowest BCUT2D eigenvalue weighted by atomic mass is 10.1. The number of aryl methyl sites for hydroxylation is 1. The number of hydrogen-bond donors (Lipinski definition) is 1. The first-order valence-corrected chi connectivity index (χ1v) is 23.0. The smallest absolute Gasteiger partial charge is 0.251 e. The highest BCUT2D eigenvalue weighted by atomic mass is 35.5. The molecule has 2 fully saturated rings. The number of aromatic nitrogens is 6. The van der Waals surface area contributed by atoms with Crippen molar-refractivity contribution in [3.05, 3.63) is 167 Å². The fourth-order valence-electron chi connectivity index (χ4n) is 8.58. The van der Waals surface area contributed by atoms with Crippen LogP contribution in [0.5, 0.6) is 0 Å². The molecule has 1 N–H and O–H groups in total. The first-order chi connectivity index (χ1) is 31.0. The largest absolute Gasteiger partial charge is 0.329 e. The van der Waals surface area contributed by atoms with Crippen LogP contribution in [0.25, 0.3) is 56.1 Å².